The minimum absolute atomic E-state index is 0.431. The van der Waals surface area contributed by atoms with Gasteiger partial charge in [-0.2, -0.15) is 0 Å². The first-order chi connectivity index (χ1) is 10.6. The first kappa shape index (κ1) is 14.5. The topological polar surface area (TPSA) is 48.7 Å². The van der Waals surface area contributed by atoms with Crippen LogP contribution in [0, 0.1) is 0 Å². The standard InChI is InChI=1S/C17H13ClO4/c1-20-15-7-13-12(10-4-3-5-11(18)6-10)8-17(19)22-14(13)9-16(15)21-2/h3-9H,1-2H3. The highest BCUT2D eigenvalue weighted by Gasteiger charge is 2.13. The lowest BCUT2D eigenvalue weighted by molar-refractivity contribution is 0.355. The molecule has 0 aliphatic carbocycles. The van der Waals surface area contributed by atoms with Gasteiger partial charge in [0.25, 0.3) is 0 Å². The molecule has 0 bridgehead atoms. The molecule has 5 heteroatoms. The third-order valence-corrected chi connectivity index (χ3v) is 3.62. The van der Waals surface area contributed by atoms with Crippen LogP contribution in [-0.4, -0.2) is 14.2 Å². The number of halogens is 1. The molecule has 1 heterocycles. The van der Waals surface area contributed by atoms with E-state index >= 15 is 0 Å². The van der Waals surface area contributed by atoms with E-state index in [1.165, 1.54) is 13.2 Å². The Labute approximate surface area is 131 Å². The normalized spacial score (nSPS) is 10.7. The van der Waals surface area contributed by atoms with Crippen molar-refractivity contribution < 1.29 is 13.9 Å². The van der Waals surface area contributed by atoms with Gasteiger partial charge in [0.1, 0.15) is 5.58 Å². The SMILES string of the molecule is COc1cc2oc(=O)cc(-c3cccc(Cl)c3)c2cc1OC. The maximum Gasteiger partial charge on any atom is 0.336 e. The van der Waals surface area contributed by atoms with Gasteiger partial charge in [-0.3, -0.25) is 0 Å². The van der Waals surface area contributed by atoms with Crippen LogP contribution in [0.5, 0.6) is 11.5 Å². The van der Waals surface area contributed by atoms with E-state index in [-0.39, 0.29) is 0 Å². The number of hydrogen-bond acceptors (Lipinski definition) is 4. The summed E-state index contributed by atoms with van der Waals surface area (Å²) in [7, 11) is 3.09. The Morgan fingerprint density at radius 1 is 1.00 bits per heavy atom. The minimum Gasteiger partial charge on any atom is -0.493 e. The summed E-state index contributed by atoms with van der Waals surface area (Å²) in [5.41, 5.74) is 1.56. The predicted octanol–water partition coefficient (Wildman–Crippen LogP) is 4.13. The van der Waals surface area contributed by atoms with Crippen molar-refractivity contribution in [2.24, 2.45) is 0 Å². The minimum atomic E-state index is -0.435. The molecule has 0 atom stereocenters. The number of ether oxygens (including phenoxy) is 2. The number of rotatable bonds is 3. The highest BCUT2D eigenvalue weighted by Crippen LogP contribution is 2.36. The summed E-state index contributed by atoms with van der Waals surface area (Å²) in [5.74, 6) is 1.06. The second-order valence-electron chi connectivity index (χ2n) is 4.69. The first-order valence-corrected chi connectivity index (χ1v) is 6.96. The monoisotopic (exact) mass is 316 g/mol. The molecule has 0 aliphatic heterocycles. The van der Waals surface area contributed by atoms with Crippen molar-refractivity contribution in [3.05, 3.63) is 57.9 Å². The lowest BCUT2D eigenvalue weighted by Crippen LogP contribution is -1.99. The largest absolute Gasteiger partial charge is 0.493 e. The fraction of sp³-hybridized carbons (Fsp3) is 0.118. The molecule has 0 saturated heterocycles. The van der Waals surface area contributed by atoms with E-state index in [9.17, 15) is 4.79 Å². The quantitative estimate of drug-likeness (QED) is 0.682. The van der Waals surface area contributed by atoms with Gasteiger partial charge in [0, 0.05) is 28.1 Å². The molecule has 112 valence electrons. The van der Waals surface area contributed by atoms with Crippen LogP contribution < -0.4 is 15.1 Å². The average molecular weight is 317 g/mol. The Morgan fingerprint density at radius 2 is 1.73 bits per heavy atom. The zero-order valence-corrected chi connectivity index (χ0v) is 12.8. The lowest BCUT2D eigenvalue weighted by Gasteiger charge is -2.11. The number of methoxy groups -OCH3 is 2. The van der Waals surface area contributed by atoms with Gasteiger partial charge in [-0.05, 0) is 23.8 Å². The van der Waals surface area contributed by atoms with Gasteiger partial charge >= 0.3 is 5.63 Å². The molecule has 4 nitrogen and oxygen atoms in total. The van der Waals surface area contributed by atoms with E-state index in [1.807, 2.05) is 12.1 Å². The molecule has 0 aliphatic rings. The molecule has 1 aromatic heterocycles. The summed E-state index contributed by atoms with van der Waals surface area (Å²) < 4.78 is 15.8. The predicted molar refractivity (Wildman–Crippen MR) is 86.0 cm³/mol. The molecular formula is C17H13ClO4. The van der Waals surface area contributed by atoms with Gasteiger partial charge in [0.05, 0.1) is 14.2 Å². The maximum absolute atomic E-state index is 11.8. The molecular weight excluding hydrogens is 304 g/mol. The molecule has 0 fully saturated rings. The Bertz CT molecular complexity index is 899. The molecule has 0 radical (unpaired) electrons. The zero-order chi connectivity index (χ0) is 15.7. The zero-order valence-electron chi connectivity index (χ0n) is 12.1. The van der Waals surface area contributed by atoms with Crippen molar-refractivity contribution in [1.82, 2.24) is 0 Å². The Hall–Kier alpha value is -2.46. The van der Waals surface area contributed by atoms with E-state index in [1.54, 1.807) is 31.4 Å². The molecule has 0 spiro atoms. The summed E-state index contributed by atoms with van der Waals surface area (Å²) in [6.45, 7) is 0. The second-order valence-corrected chi connectivity index (χ2v) is 5.13. The molecule has 2 aromatic carbocycles. The van der Waals surface area contributed by atoms with Crippen molar-refractivity contribution in [3.63, 3.8) is 0 Å². The van der Waals surface area contributed by atoms with Gasteiger partial charge < -0.3 is 13.9 Å². The van der Waals surface area contributed by atoms with Crippen molar-refractivity contribution in [1.29, 1.82) is 0 Å². The van der Waals surface area contributed by atoms with Crippen molar-refractivity contribution >= 4 is 22.6 Å². The van der Waals surface area contributed by atoms with Gasteiger partial charge in [-0.15, -0.1) is 0 Å². The summed E-state index contributed by atoms with van der Waals surface area (Å²) in [6.07, 6.45) is 0. The third kappa shape index (κ3) is 2.53. The van der Waals surface area contributed by atoms with Crippen LogP contribution in [0.2, 0.25) is 5.02 Å². The van der Waals surface area contributed by atoms with E-state index in [2.05, 4.69) is 0 Å². The smallest absolute Gasteiger partial charge is 0.336 e. The Kier molecular flexibility index (Phi) is 3.77. The van der Waals surface area contributed by atoms with E-state index in [4.69, 9.17) is 25.5 Å². The van der Waals surface area contributed by atoms with E-state index < -0.39 is 5.63 Å². The summed E-state index contributed by atoms with van der Waals surface area (Å²) >= 11 is 6.05. The van der Waals surface area contributed by atoms with Gasteiger partial charge in [-0.25, -0.2) is 4.79 Å². The summed E-state index contributed by atoms with van der Waals surface area (Å²) in [6, 6.07) is 12.2. The first-order valence-electron chi connectivity index (χ1n) is 6.58. The molecule has 3 aromatic rings. The average Bonchev–Trinajstić information content (AvgIpc) is 2.52. The molecule has 0 saturated carbocycles. The van der Waals surface area contributed by atoms with Crippen molar-refractivity contribution in [2.75, 3.05) is 14.2 Å². The summed E-state index contributed by atoms with van der Waals surface area (Å²) in [4.78, 5) is 11.8. The molecule has 0 amide bonds. The summed E-state index contributed by atoms with van der Waals surface area (Å²) in [5, 5.41) is 1.35. The molecule has 0 unspecified atom stereocenters. The van der Waals surface area contributed by atoms with Crippen molar-refractivity contribution in [3.8, 4) is 22.6 Å². The van der Waals surface area contributed by atoms with Crippen LogP contribution in [0.15, 0.2) is 51.7 Å². The molecule has 22 heavy (non-hydrogen) atoms. The van der Waals surface area contributed by atoms with E-state index in [0.29, 0.717) is 22.1 Å². The van der Waals surface area contributed by atoms with Crippen LogP contribution in [-0.2, 0) is 0 Å². The fourth-order valence-electron chi connectivity index (χ4n) is 2.38. The van der Waals surface area contributed by atoms with Gasteiger partial charge in [0.15, 0.2) is 11.5 Å². The van der Waals surface area contributed by atoms with Gasteiger partial charge in [0.2, 0.25) is 0 Å². The van der Waals surface area contributed by atoms with Gasteiger partial charge in [-0.1, -0.05) is 23.7 Å². The van der Waals surface area contributed by atoms with Crippen LogP contribution >= 0.6 is 11.6 Å². The maximum atomic E-state index is 11.8. The molecule has 3 rings (SSSR count). The highest BCUT2D eigenvalue weighted by atomic mass is 35.5. The lowest BCUT2D eigenvalue weighted by atomic mass is 10.0. The Balaban J connectivity index is 2.36. The number of hydrogen-bond donors (Lipinski definition) is 0. The number of fused-ring (bicyclic) bond motifs is 1. The third-order valence-electron chi connectivity index (χ3n) is 3.38. The second kappa shape index (κ2) is 5.73. The molecule has 0 N–H and O–H groups in total. The van der Waals surface area contributed by atoms with Crippen molar-refractivity contribution in [2.45, 2.75) is 0 Å². The van der Waals surface area contributed by atoms with Crippen LogP contribution in [0.25, 0.3) is 22.1 Å². The number of benzene rings is 2. The van der Waals surface area contributed by atoms with E-state index in [0.717, 1.165) is 16.5 Å². The van der Waals surface area contributed by atoms with Crippen LogP contribution in [0.3, 0.4) is 0 Å². The fourth-order valence-corrected chi connectivity index (χ4v) is 2.57. The van der Waals surface area contributed by atoms with Crippen LogP contribution in [0.4, 0.5) is 0 Å². The van der Waals surface area contributed by atoms with Crippen LogP contribution in [0.1, 0.15) is 0 Å². The highest BCUT2D eigenvalue weighted by molar-refractivity contribution is 6.30. The Morgan fingerprint density at radius 3 is 2.41 bits per heavy atom.